The van der Waals surface area contributed by atoms with Gasteiger partial charge in [-0.2, -0.15) is 5.10 Å². The zero-order valence-electron chi connectivity index (χ0n) is 15.2. The van der Waals surface area contributed by atoms with Crippen molar-refractivity contribution in [1.82, 2.24) is 24.6 Å². The summed E-state index contributed by atoms with van der Waals surface area (Å²) in [5.41, 5.74) is 1.49. The van der Waals surface area contributed by atoms with Gasteiger partial charge in [-0.25, -0.2) is 9.67 Å². The van der Waals surface area contributed by atoms with Gasteiger partial charge in [-0.05, 0) is 39.9 Å². The lowest BCUT2D eigenvalue weighted by Gasteiger charge is -2.23. The molecule has 3 heterocycles. The summed E-state index contributed by atoms with van der Waals surface area (Å²) < 4.78 is 1.88. The SMILES string of the molecule is CC[C@@H]1CN(C(=O)c2cnc3c(cnn3C(C)C)c2)C[C@@H]1N(C)C. The van der Waals surface area contributed by atoms with Crippen LogP contribution in [0.25, 0.3) is 11.0 Å². The third-order valence-electron chi connectivity index (χ3n) is 5.05. The molecule has 0 saturated carbocycles. The molecule has 0 bridgehead atoms. The molecule has 2 aromatic heterocycles. The second kappa shape index (κ2) is 6.51. The van der Waals surface area contributed by atoms with E-state index in [-0.39, 0.29) is 11.9 Å². The Balaban J connectivity index is 1.84. The number of pyridine rings is 1. The molecule has 24 heavy (non-hydrogen) atoms. The lowest BCUT2D eigenvalue weighted by Crippen LogP contribution is -2.36. The largest absolute Gasteiger partial charge is 0.337 e. The number of carbonyl (C=O) groups is 1. The van der Waals surface area contributed by atoms with Gasteiger partial charge in [0.2, 0.25) is 0 Å². The smallest absolute Gasteiger partial charge is 0.255 e. The Morgan fingerprint density at radius 3 is 2.67 bits per heavy atom. The van der Waals surface area contributed by atoms with Crippen molar-refractivity contribution in [2.24, 2.45) is 5.92 Å². The molecule has 6 nitrogen and oxygen atoms in total. The lowest BCUT2D eigenvalue weighted by atomic mass is 10.0. The fourth-order valence-corrected chi connectivity index (χ4v) is 3.62. The van der Waals surface area contributed by atoms with Gasteiger partial charge in [0.05, 0.1) is 11.8 Å². The van der Waals surface area contributed by atoms with Crippen LogP contribution in [0.15, 0.2) is 18.5 Å². The van der Waals surface area contributed by atoms with Gasteiger partial charge in [-0.3, -0.25) is 4.79 Å². The van der Waals surface area contributed by atoms with Crippen LogP contribution in [0.3, 0.4) is 0 Å². The van der Waals surface area contributed by atoms with Crippen molar-refractivity contribution in [3.8, 4) is 0 Å². The first-order valence-electron chi connectivity index (χ1n) is 8.71. The number of likely N-dealkylation sites (tertiary alicyclic amines) is 1. The standard InChI is InChI=1S/C18H27N5O/c1-6-13-10-22(11-16(13)21(4)5)18(24)15-7-14-9-20-23(12(2)3)17(14)19-8-15/h7-9,12-13,16H,6,10-11H2,1-5H3/t13-,16+/m1/s1. The number of likely N-dealkylation sites (N-methyl/N-ethyl adjacent to an activating group) is 1. The van der Waals surface area contributed by atoms with Crippen LogP contribution in [0, 0.1) is 5.92 Å². The zero-order valence-corrected chi connectivity index (χ0v) is 15.2. The van der Waals surface area contributed by atoms with E-state index in [0.717, 1.165) is 30.5 Å². The van der Waals surface area contributed by atoms with Gasteiger partial charge < -0.3 is 9.80 Å². The average Bonchev–Trinajstić information content (AvgIpc) is 3.17. The van der Waals surface area contributed by atoms with Gasteiger partial charge in [0.1, 0.15) is 0 Å². The predicted molar refractivity (Wildman–Crippen MR) is 95.1 cm³/mol. The Kier molecular flexibility index (Phi) is 4.58. The molecule has 1 aliphatic rings. The van der Waals surface area contributed by atoms with Crippen LogP contribution in [0.2, 0.25) is 0 Å². The van der Waals surface area contributed by atoms with E-state index in [2.05, 4.69) is 49.8 Å². The van der Waals surface area contributed by atoms with Crippen LogP contribution >= 0.6 is 0 Å². The monoisotopic (exact) mass is 329 g/mol. The molecule has 1 saturated heterocycles. The van der Waals surface area contributed by atoms with E-state index in [0.29, 0.717) is 17.5 Å². The highest BCUT2D eigenvalue weighted by Gasteiger charge is 2.35. The number of hydrogen-bond donors (Lipinski definition) is 0. The van der Waals surface area contributed by atoms with Gasteiger partial charge in [0.15, 0.2) is 5.65 Å². The Labute approximate surface area is 143 Å². The highest BCUT2D eigenvalue weighted by atomic mass is 16.2. The second-order valence-corrected chi connectivity index (χ2v) is 7.23. The Morgan fingerprint density at radius 1 is 1.33 bits per heavy atom. The number of fused-ring (bicyclic) bond motifs is 1. The lowest BCUT2D eigenvalue weighted by molar-refractivity contribution is 0.0781. The predicted octanol–water partition coefficient (Wildman–Crippen LogP) is 2.42. The van der Waals surface area contributed by atoms with Crippen LogP contribution in [0.4, 0.5) is 0 Å². The van der Waals surface area contributed by atoms with Gasteiger partial charge in [-0.15, -0.1) is 0 Å². The summed E-state index contributed by atoms with van der Waals surface area (Å²) in [4.78, 5) is 21.6. The van der Waals surface area contributed by atoms with Crippen LogP contribution < -0.4 is 0 Å². The van der Waals surface area contributed by atoms with E-state index >= 15 is 0 Å². The third kappa shape index (κ3) is 2.90. The maximum Gasteiger partial charge on any atom is 0.255 e. The van der Waals surface area contributed by atoms with Gasteiger partial charge >= 0.3 is 0 Å². The number of amides is 1. The molecule has 6 heteroatoms. The summed E-state index contributed by atoms with van der Waals surface area (Å²) in [6.45, 7) is 7.95. The van der Waals surface area contributed by atoms with E-state index in [1.54, 1.807) is 12.4 Å². The molecule has 0 aliphatic carbocycles. The van der Waals surface area contributed by atoms with Crippen molar-refractivity contribution in [2.75, 3.05) is 27.2 Å². The number of carbonyl (C=O) groups excluding carboxylic acids is 1. The number of nitrogens with zero attached hydrogens (tertiary/aromatic N) is 5. The van der Waals surface area contributed by atoms with Crippen LogP contribution in [0.5, 0.6) is 0 Å². The molecule has 130 valence electrons. The third-order valence-corrected chi connectivity index (χ3v) is 5.05. The van der Waals surface area contributed by atoms with E-state index in [1.807, 2.05) is 15.6 Å². The summed E-state index contributed by atoms with van der Waals surface area (Å²) >= 11 is 0. The Hall–Kier alpha value is -1.95. The van der Waals surface area contributed by atoms with E-state index < -0.39 is 0 Å². The summed E-state index contributed by atoms with van der Waals surface area (Å²) in [7, 11) is 4.18. The van der Waals surface area contributed by atoms with Crippen molar-refractivity contribution in [1.29, 1.82) is 0 Å². The minimum absolute atomic E-state index is 0.0736. The van der Waals surface area contributed by atoms with Crippen LogP contribution in [0.1, 0.15) is 43.6 Å². The maximum atomic E-state index is 12.9. The second-order valence-electron chi connectivity index (χ2n) is 7.23. The molecule has 2 aromatic rings. The van der Waals surface area contributed by atoms with Crippen molar-refractivity contribution in [2.45, 2.75) is 39.3 Å². The number of aromatic nitrogens is 3. The molecule has 1 amide bonds. The molecule has 0 aromatic carbocycles. The summed E-state index contributed by atoms with van der Waals surface area (Å²) in [5.74, 6) is 0.605. The molecule has 0 N–H and O–H groups in total. The van der Waals surface area contributed by atoms with Crippen LogP contribution in [-0.4, -0.2) is 63.7 Å². The number of rotatable bonds is 4. The van der Waals surface area contributed by atoms with Crippen molar-refractivity contribution in [3.63, 3.8) is 0 Å². The molecule has 0 spiro atoms. The normalized spacial score (nSPS) is 21.4. The molecular formula is C18H27N5O. The molecule has 0 radical (unpaired) electrons. The molecule has 3 rings (SSSR count). The highest BCUT2D eigenvalue weighted by Crippen LogP contribution is 2.25. The van der Waals surface area contributed by atoms with Gasteiger partial charge in [0.25, 0.3) is 5.91 Å². The number of hydrogen-bond acceptors (Lipinski definition) is 4. The molecule has 2 atom stereocenters. The molecule has 1 aliphatic heterocycles. The molecular weight excluding hydrogens is 302 g/mol. The van der Waals surface area contributed by atoms with Crippen molar-refractivity contribution < 1.29 is 4.79 Å². The van der Waals surface area contributed by atoms with Gasteiger partial charge in [-0.1, -0.05) is 13.3 Å². The first kappa shape index (κ1) is 16.9. The van der Waals surface area contributed by atoms with Crippen molar-refractivity contribution >= 4 is 16.9 Å². The van der Waals surface area contributed by atoms with Crippen LogP contribution in [-0.2, 0) is 0 Å². The minimum Gasteiger partial charge on any atom is -0.337 e. The minimum atomic E-state index is 0.0736. The Morgan fingerprint density at radius 2 is 2.08 bits per heavy atom. The molecule has 0 unspecified atom stereocenters. The van der Waals surface area contributed by atoms with Crippen molar-refractivity contribution in [3.05, 3.63) is 24.0 Å². The first-order chi connectivity index (χ1) is 11.4. The summed E-state index contributed by atoms with van der Waals surface area (Å²) in [6.07, 6.45) is 4.57. The van der Waals surface area contributed by atoms with E-state index in [1.165, 1.54) is 0 Å². The maximum absolute atomic E-state index is 12.9. The Bertz CT molecular complexity index is 736. The summed E-state index contributed by atoms with van der Waals surface area (Å²) in [5, 5.41) is 5.30. The fraction of sp³-hybridized carbons (Fsp3) is 0.611. The molecule has 1 fully saturated rings. The fourth-order valence-electron chi connectivity index (χ4n) is 3.62. The highest BCUT2D eigenvalue weighted by molar-refractivity contribution is 5.97. The zero-order chi connectivity index (χ0) is 17.4. The van der Waals surface area contributed by atoms with Gasteiger partial charge in [0, 0.05) is 36.8 Å². The average molecular weight is 329 g/mol. The summed E-state index contributed by atoms with van der Waals surface area (Å²) in [6, 6.07) is 2.60. The van der Waals surface area contributed by atoms with E-state index in [9.17, 15) is 4.79 Å². The quantitative estimate of drug-likeness (QED) is 0.864. The topological polar surface area (TPSA) is 54.3 Å². The van der Waals surface area contributed by atoms with E-state index in [4.69, 9.17) is 0 Å². The first-order valence-corrected chi connectivity index (χ1v) is 8.71.